The first-order valence-electron chi connectivity index (χ1n) is 7.02. The number of carbonyl (C=O) groups is 2. The average molecular weight is 301 g/mol. The lowest BCUT2D eigenvalue weighted by Crippen LogP contribution is -2.46. The molecule has 2 aromatic rings. The van der Waals surface area contributed by atoms with Crippen molar-refractivity contribution in [3.63, 3.8) is 0 Å². The van der Waals surface area contributed by atoms with Crippen LogP contribution >= 0.6 is 0 Å². The van der Waals surface area contributed by atoms with Crippen LogP contribution in [0, 0.1) is 0 Å². The van der Waals surface area contributed by atoms with Gasteiger partial charge in [-0.15, -0.1) is 0 Å². The van der Waals surface area contributed by atoms with E-state index in [2.05, 4.69) is 4.98 Å². The zero-order valence-electron chi connectivity index (χ0n) is 12.0. The SMILES string of the molecule is CC(C(=O)O)N(C(=O)c1cnc2ccccn2c1=O)C1CC1. The Balaban J connectivity index is 2.05. The normalized spacial score (nSPS) is 15.5. The summed E-state index contributed by atoms with van der Waals surface area (Å²) in [7, 11) is 0. The van der Waals surface area contributed by atoms with Crippen LogP contribution in [0.2, 0.25) is 0 Å². The standard InChI is InChI=1S/C15H15N3O4/c1-9(15(21)22)18(10-5-6-10)14(20)11-8-16-12-4-2-3-7-17(12)13(11)19/h2-4,7-10H,5-6H2,1H3,(H,21,22). The van der Waals surface area contributed by atoms with Gasteiger partial charge in [-0.3, -0.25) is 14.0 Å². The summed E-state index contributed by atoms with van der Waals surface area (Å²) in [6, 6.07) is 3.98. The molecule has 1 aliphatic rings. The van der Waals surface area contributed by atoms with Crippen molar-refractivity contribution in [2.45, 2.75) is 31.8 Å². The number of rotatable bonds is 4. The van der Waals surface area contributed by atoms with Crippen molar-refractivity contribution < 1.29 is 14.7 Å². The zero-order valence-corrected chi connectivity index (χ0v) is 12.0. The summed E-state index contributed by atoms with van der Waals surface area (Å²) in [4.78, 5) is 41.7. The van der Waals surface area contributed by atoms with Gasteiger partial charge in [0.05, 0.1) is 0 Å². The number of hydrogen-bond donors (Lipinski definition) is 1. The summed E-state index contributed by atoms with van der Waals surface area (Å²) in [5.74, 6) is -1.66. The van der Waals surface area contributed by atoms with E-state index in [1.165, 1.54) is 28.6 Å². The number of amides is 1. The molecular weight excluding hydrogens is 286 g/mol. The first-order valence-corrected chi connectivity index (χ1v) is 7.02. The molecule has 0 saturated heterocycles. The third kappa shape index (κ3) is 2.34. The topological polar surface area (TPSA) is 92.0 Å². The van der Waals surface area contributed by atoms with E-state index in [9.17, 15) is 19.5 Å². The van der Waals surface area contributed by atoms with Gasteiger partial charge in [0, 0.05) is 18.4 Å². The van der Waals surface area contributed by atoms with Crippen molar-refractivity contribution in [2.24, 2.45) is 0 Å². The molecule has 1 N–H and O–H groups in total. The summed E-state index contributed by atoms with van der Waals surface area (Å²) in [6.45, 7) is 1.45. The van der Waals surface area contributed by atoms with Crippen molar-refractivity contribution in [1.82, 2.24) is 14.3 Å². The predicted molar refractivity (Wildman–Crippen MR) is 77.8 cm³/mol. The summed E-state index contributed by atoms with van der Waals surface area (Å²) >= 11 is 0. The fourth-order valence-corrected chi connectivity index (χ4v) is 2.44. The second-order valence-electron chi connectivity index (χ2n) is 5.36. The van der Waals surface area contributed by atoms with Crippen LogP contribution in [0.25, 0.3) is 5.65 Å². The highest BCUT2D eigenvalue weighted by Crippen LogP contribution is 2.29. The van der Waals surface area contributed by atoms with Gasteiger partial charge in [-0.1, -0.05) is 6.07 Å². The first-order chi connectivity index (χ1) is 10.5. The van der Waals surface area contributed by atoms with E-state index in [1.54, 1.807) is 18.2 Å². The van der Waals surface area contributed by atoms with Gasteiger partial charge in [0.15, 0.2) is 0 Å². The number of fused-ring (bicyclic) bond motifs is 1. The van der Waals surface area contributed by atoms with Crippen molar-refractivity contribution >= 4 is 17.5 Å². The minimum Gasteiger partial charge on any atom is -0.480 e. The van der Waals surface area contributed by atoms with Crippen LogP contribution in [-0.2, 0) is 4.79 Å². The molecule has 0 spiro atoms. The van der Waals surface area contributed by atoms with Gasteiger partial charge >= 0.3 is 5.97 Å². The number of hydrogen-bond acceptors (Lipinski definition) is 4. The van der Waals surface area contributed by atoms with Crippen LogP contribution in [-0.4, -0.2) is 43.4 Å². The van der Waals surface area contributed by atoms with Gasteiger partial charge in [0.2, 0.25) is 0 Å². The molecule has 1 fully saturated rings. The largest absolute Gasteiger partial charge is 0.480 e. The molecule has 1 aliphatic carbocycles. The summed E-state index contributed by atoms with van der Waals surface area (Å²) in [5.41, 5.74) is -0.157. The molecule has 1 unspecified atom stereocenters. The second-order valence-corrected chi connectivity index (χ2v) is 5.36. The highest BCUT2D eigenvalue weighted by atomic mass is 16.4. The second kappa shape index (κ2) is 5.25. The maximum atomic E-state index is 12.6. The fourth-order valence-electron chi connectivity index (χ4n) is 2.44. The zero-order chi connectivity index (χ0) is 15.9. The monoisotopic (exact) mass is 301 g/mol. The highest BCUT2D eigenvalue weighted by molar-refractivity contribution is 5.96. The maximum Gasteiger partial charge on any atom is 0.326 e. The lowest BCUT2D eigenvalue weighted by atomic mass is 10.2. The van der Waals surface area contributed by atoms with Crippen LogP contribution < -0.4 is 5.56 Å². The maximum absolute atomic E-state index is 12.6. The van der Waals surface area contributed by atoms with E-state index in [4.69, 9.17) is 0 Å². The Labute approximate surface area is 125 Å². The Bertz CT molecular complexity index is 810. The van der Waals surface area contributed by atoms with E-state index in [0.29, 0.717) is 5.65 Å². The molecule has 1 atom stereocenters. The number of aromatic nitrogens is 2. The molecule has 0 bridgehead atoms. The van der Waals surface area contributed by atoms with Crippen LogP contribution in [0.5, 0.6) is 0 Å². The molecule has 0 aromatic carbocycles. The Kier molecular flexibility index (Phi) is 3.40. The number of pyridine rings is 1. The minimum atomic E-state index is -1.09. The van der Waals surface area contributed by atoms with Crippen LogP contribution in [0.4, 0.5) is 0 Å². The first kappa shape index (κ1) is 14.2. The Hall–Kier alpha value is -2.70. The van der Waals surface area contributed by atoms with E-state index >= 15 is 0 Å². The molecule has 0 aliphatic heterocycles. The minimum absolute atomic E-state index is 0.108. The van der Waals surface area contributed by atoms with Gasteiger partial charge in [-0.2, -0.15) is 0 Å². The molecule has 7 heteroatoms. The number of carboxylic acids is 1. The summed E-state index contributed by atoms with van der Waals surface area (Å²) in [6.07, 6.45) is 4.27. The molecule has 3 rings (SSSR count). The van der Waals surface area contributed by atoms with Gasteiger partial charge in [-0.25, -0.2) is 9.78 Å². The van der Waals surface area contributed by atoms with Gasteiger partial charge in [0.1, 0.15) is 17.3 Å². The average Bonchev–Trinajstić information content (AvgIpc) is 3.32. The molecule has 2 aromatic heterocycles. The molecule has 1 saturated carbocycles. The molecule has 2 heterocycles. The van der Waals surface area contributed by atoms with Gasteiger partial charge < -0.3 is 10.0 Å². The Morgan fingerprint density at radius 3 is 2.77 bits per heavy atom. The third-order valence-corrected chi connectivity index (χ3v) is 3.79. The fraction of sp³-hybridized carbons (Fsp3) is 0.333. The van der Waals surface area contributed by atoms with E-state index < -0.39 is 23.5 Å². The number of carboxylic acid groups (broad SMARTS) is 1. The molecule has 114 valence electrons. The summed E-state index contributed by atoms with van der Waals surface area (Å²) in [5, 5.41) is 9.17. The van der Waals surface area contributed by atoms with E-state index in [0.717, 1.165) is 12.8 Å². The number of nitrogens with zero attached hydrogens (tertiary/aromatic N) is 3. The summed E-state index contributed by atoms with van der Waals surface area (Å²) < 4.78 is 1.28. The van der Waals surface area contributed by atoms with Crippen molar-refractivity contribution in [3.05, 3.63) is 46.5 Å². The van der Waals surface area contributed by atoms with E-state index in [1.807, 2.05) is 0 Å². The van der Waals surface area contributed by atoms with Crippen LogP contribution in [0.3, 0.4) is 0 Å². The molecule has 0 radical (unpaired) electrons. The highest BCUT2D eigenvalue weighted by Gasteiger charge is 2.39. The van der Waals surface area contributed by atoms with Crippen molar-refractivity contribution in [1.29, 1.82) is 0 Å². The van der Waals surface area contributed by atoms with Crippen molar-refractivity contribution in [3.8, 4) is 0 Å². The van der Waals surface area contributed by atoms with Gasteiger partial charge in [-0.05, 0) is 31.9 Å². The van der Waals surface area contributed by atoms with Crippen LogP contribution in [0.15, 0.2) is 35.4 Å². The van der Waals surface area contributed by atoms with E-state index in [-0.39, 0.29) is 11.6 Å². The third-order valence-electron chi connectivity index (χ3n) is 3.79. The van der Waals surface area contributed by atoms with Crippen molar-refractivity contribution in [2.75, 3.05) is 0 Å². The number of carbonyl (C=O) groups excluding carboxylic acids is 1. The number of aliphatic carboxylic acids is 1. The molecular formula is C15H15N3O4. The smallest absolute Gasteiger partial charge is 0.326 e. The van der Waals surface area contributed by atoms with Gasteiger partial charge in [0.25, 0.3) is 11.5 Å². The Morgan fingerprint density at radius 1 is 1.41 bits per heavy atom. The lowest BCUT2D eigenvalue weighted by Gasteiger charge is -2.26. The lowest BCUT2D eigenvalue weighted by molar-refractivity contribution is -0.141. The Morgan fingerprint density at radius 2 is 2.14 bits per heavy atom. The van der Waals surface area contributed by atoms with Crippen LogP contribution in [0.1, 0.15) is 30.1 Å². The molecule has 22 heavy (non-hydrogen) atoms. The molecule has 7 nitrogen and oxygen atoms in total. The molecule has 1 amide bonds. The predicted octanol–water partition coefficient (Wildman–Crippen LogP) is 0.772. The quantitative estimate of drug-likeness (QED) is 0.900.